The summed E-state index contributed by atoms with van der Waals surface area (Å²) in [6.07, 6.45) is 1.65. The number of H-pyrrole nitrogens is 1. The van der Waals surface area contributed by atoms with E-state index in [4.69, 9.17) is 4.74 Å². The monoisotopic (exact) mass is 237 g/mol. The summed E-state index contributed by atoms with van der Waals surface area (Å²) >= 11 is 1.36. The van der Waals surface area contributed by atoms with Crippen molar-refractivity contribution in [2.24, 2.45) is 0 Å². The fraction of sp³-hybridized carbons (Fsp3) is 0.200. The molecule has 2 heterocycles. The van der Waals surface area contributed by atoms with E-state index in [9.17, 15) is 4.79 Å². The van der Waals surface area contributed by atoms with Crippen molar-refractivity contribution in [1.29, 1.82) is 0 Å². The third kappa shape index (κ3) is 2.22. The van der Waals surface area contributed by atoms with Crippen LogP contribution in [0.3, 0.4) is 0 Å². The molecule has 0 aromatic carbocycles. The molecule has 84 valence electrons. The van der Waals surface area contributed by atoms with Gasteiger partial charge in [-0.15, -0.1) is 11.3 Å². The summed E-state index contributed by atoms with van der Waals surface area (Å²) < 4.78 is 5.07. The minimum absolute atomic E-state index is 0.138. The molecule has 2 rings (SSSR count). The van der Waals surface area contributed by atoms with Gasteiger partial charge in [0, 0.05) is 6.20 Å². The van der Waals surface area contributed by atoms with Crippen LogP contribution in [-0.4, -0.2) is 23.2 Å². The van der Waals surface area contributed by atoms with E-state index >= 15 is 0 Å². The number of amides is 1. The Bertz CT molecular complexity index is 464. The Hall–Kier alpha value is -1.82. The number of nitrogens with zero attached hydrogens (tertiary/aromatic N) is 1. The lowest BCUT2D eigenvalue weighted by Crippen LogP contribution is -2.22. The molecule has 0 saturated heterocycles. The topological polar surface area (TPSA) is 67.0 Å². The van der Waals surface area contributed by atoms with Gasteiger partial charge in [-0.2, -0.15) is 5.10 Å². The van der Waals surface area contributed by atoms with Crippen LogP contribution in [0.1, 0.15) is 15.4 Å². The Morgan fingerprint density at radius 1 is 1.62 bits per heavy atom. The minimum Gasteiger partial charge on any atom is -0.495 e. The second-order valence-corrected chi connectivity index (χ2v) is 4.00. The predicted molar refractivity (Wildman–Crippen MR) is 60.6 cm³/mol. The lowest BCUT2D eigenvalue weighted by Gasteiger charge is -2.03. The number of ether oxygens (including phenoxy) is 1. The molecule has 0 atom stereocenters. The summed E-state index contributed by atoms with van der Waals surface area (Å²) in [7, 11) is 1.55. The van der Waals surface area contributed by atoms with Gasteiger partial charge < -0.3 is 10.1 Å². The molecule has 1 amide bonds. The summed E-state index contributed by atoms with van der Waals surface area (Å²) in [5.41, 5.74) is 0.865. The quantitative estimate of drug-likeness (QED) is 0.844. The Labute approximate surface area is 96.4 Å². The number of methoxy groups -OCH3 is 1. The first kappa shape index (κ1) is 10.7. The Morgan fingerprint density at radius 3 is 3.19 bits per heavy atom. The van der Waals surface area contributed by atoms with E-state index in [1.807, 2.05) is 11.4 Å². The number of aromatic amines is 1. The number of hydrogen-bond acceptors (Lipinski definition) is 4. The summed E-state index contributed by atoms with van der Waals surface area (Å²) in [5, 5.41) is 11.2. The fourth-order valence-corrected chi connectivity index (χ4v) is 2.04. The number of carbonyl (C=O) groups is 1. The third-order valence-corrected chi connectivity index (χ3v) is 2.95. The molecule has 0 fully saturated rings. The molecule has 0 aliphatic rings. The van der Waals surface area contributed by atoms with E-state index in [1.165, 1.54) is 11.3 Å². The maximum absolute atomic E-state index is 11.8. The molecule has 0 bridgehead atoms. The van der Waals surface area contributed by atoms with Gasteiger partial charge in [0.2, 0.25) is 0 Å². The third-order valence-electron chi connectivity index (χ3n) is 2.05. The smallest absolute Gasteiger partial charge is 0.265 e. The van der Waals surface area contributed by atoms with Gasteiger partial charge in [-0.05, 0) is 17.5 Å². The molecule has 2 aromatic rings. The summed E-state index contributed by atoms with van der Waals surface area (Å²) in [4.78, 5) is 12.4. The number of aromatic nitrogens is 2. The molecular formula is C10H11N3O2S. The molecule has 0 aliphatic carbocycles. The number of rotatable bonds is 4. The fourth-order valence-electron chi connectivity index (χ4n) is 1.26. The van der Waals surface area contributed by atoms with Gasteiger partial charge in [-0.3, -0.25) is 9.89 Å². The molecule has 6 heteroatoms. The highest BCUT2D eigenvalue weighted by Crippen LogP contribution is 2.23. The standard InChI is InChI=1S/C10H11N3O2S/c1-15-8-3-5-16-9(8)10(14)11-6-7-2-4-12-13-7/h2-5H,6H2,1H3,(H,11,14)(H,12,13). The van der Waals surface area contributed by atoms with Crippen molar-refractivity contribution in [3.8, 4) is 5.75 Å². The van der Waals surface area contributed by atoms with Gasteiger partial charge in [0.1, 0.15) is 10.6 Å². The zero-order valence-corrected chi connectivity index (χ0v) is 9.50. The highest BCUT2D eigenvalue weighted by Gasteiger charge is 2.13. The van der Waals surface area contributed by atoms with E-state index in [0.29, 0.717) is 17.2 Å². The van der Waals surface area contributed by atoms with Crippen molar-refractivity contribution < 1.29 is 9.53 Å². The number of hydrogen-bond donors (Lipinski definition) is 2. The first-order valence-corrected chi connectivity index (χ1v) is 5.57. The van der Waals surface area contributed by atoms with Crippen LogP contribution in [0.2, 0.25) is 0 Å². The van der Waals surface area contributed by atoms with Gasteiger partial charge in [0.05, 0.1) is 19.3 Å². The van der Waals surface area contributed by atoms with Crippen LogP contribution >= 0.6 is 11.3 Å². The number of thiophene rings is 1. The SMILES string of the molecule is COc1ccsc1C(=O)NCc1ccn[nH]1. The molecule has 2 N–H and O–H groups in total. The summed E-state index contributed by atoms with van der Waals surface area (Å²) in [6, 6.07) is 3.59. The van der Waals surface area contributed by atoms with Crippen LogP contribution < -0.4 is 10.1 Å². The molecule has 0 spiro atoms. The number of nitrogens with one attached hydrogen (secondary N) is 2. The van der Waals surface area contributed by atoms with Crippen molar-refractivity contribution in [3.63, 3.8) is 0 Å². The molecule has 0 unspecified atom stereocenters. The van der Waals surface area contributed by atoms with Crippen molar-refractivity contribution in [2.45, 2.75) is 6.54 Å². The molecule has 16 heavy (non-hydrogen) atoms. The first-order chi connectivity index (χ1) is 7.81. The van der Waals surface area contributed by atoms with Crippen LogP contribution in [0.5, 0.6) is 5.75 Å². The lowest BCUT2D eigenvalue weighted by atomic mass is 10.4. The van der Waals surface area contributed by atoms with E-state index in [1.54, 1.807) is 19.4 Å². The van der Waals surface area contributed by atoms with Gasteiger partial charge in [-0.25, -0.2) is 0 Å². The average molecular weight is 237 g/mol. The summed E-state index contributed by atoms with van der Waals surface area (Å²) in [5.74, 6) is 0.466. The van der Waals surface area contributed by atoms with Crippen LogP contribution in [0.15, 0.2) is 23.7 Å². The van der Waals surface area contributed by atoms with Crippen molar-refractivity contribution in [1.82, 2.24) is 15.5 Å². The van der Waals surface area contributed by atoms with E-state index < -0.39 is 0 Å². The van der Waals surface area contributed by atoms with Crippen molar-refractivity contribution >= 4 is 17.2 Å². The average Bonchev–Trinajstić information content (AvgIpc) is 2.96. The van der Waals surface area contributed by atoms with Crippen LogP contribution in [0, 0.1) is 0 Å². The zero-order chi connectivity index (χ0) is 11.4. The molecule has 0 saturated carbocycles. The van der Waals surface area contributed by atoms with Gasteiger partial charge in [0.25, 0.3) is 5.91 Å². The highest BCUT2D eigenvalue weighted by molar-refractivity contribution is 7.12. The van der Waals surface area contributed by atoms with Crippen LogP contribution in [-0.2, 0) is 6.54 Å². The second kappa shape index (κ2) is 4.80. The second-order valence-electron chi connectivity index (χ2n) is 3.08. The highest BCUT2D eigenvalue weighted by atomic mass is 32.1. The largest absolute Gasteiger partial charge is 0.495 e. The van der Waals surface area contributed by atoms with E-state index in [-0.39, 0.29) is 5.91 Å². The molecule has 0 radical (unpaired) electrons. The van der Waals surface area contributed by atoms with Crippen molar-refractivity contribution in [2.75, 3.05) is 7.11 Å². The normalized spacial score (nSPS) is 10.1. The predicted octanol–water partition coefficient (Wildman–Crippen LogP) is 1.41. The Balaban J connectivity index is 1.98. The van der Waals surface area contributed by atoms with Gasteiger partial charge in [-0.1, -0.05) is 0 Å². The molecule has 5 nitrogen and oxygen atoms in total. The lowest BCUT2D eigenvalue weighted by molar-refractivity contribution is 0.0952. The Morgan fingerprint density at radius 2 is 2.50 bits per heavy atom. The van der Waals surface area contributed by atoms with Crippen molar-refractivity contribution in [3.05, 3.63) is 34.3 Å². The first-order valence-electron chi connectivity index (χ1n) is 4.69. The summed E-state index contributed by atoms with van der Waals surface area (Å²) in [6.45, 7) is 0.430. The van der Waals surface area contributed by atoms with Gasteiger partial charge >= 0.3 is 0 Å². The molecular weight excluding hydrogens is 226 g/mol. The van der Waals surface area contributed by atoms with E-state index in [0.717, 1.165) is 5.69 Å². The maximum Gasteiger partial charge on any atom is 0.265 e. The molecule has 2 aromatic heterocycles. The number of carbonyl (C=O) groups excluding carboxylic acids is 1. The molecule has 0 aliphatic heterocycles. The van der Waals surface area contributed by atoms with Gasteiger partial charge in [0.15, 0.2) is 0 Å². The maximum atomic E-state index is 11.8. The van der Waals surface area contributed by atoms with Crippen LogP contribution in [0.25, 0.3) is 0 Å². The van der Waals surface area contributed by atoms with E-state index in [2.05, 4.69) is 15.5 Å². The minimum atomic E-state index is -0.138. The van der Waals surface area contributed by atoms with Crippen LogP contribution in [0.4, 0.5) is 0 Å². The zero-order valence-electron chi connectivity index (χ0n) is 8.69. The Kier molecular flexibility index (Phi) is 3.21.